The fourth-order valence-electron chi connectivity index (χ4n) is 2.81. The van der Waals surface area contributed by atoms with Crippen LogP contribution in [0.4, 0.5) is 0 Å². The minimum atomic E-state index is 0.128. The normalized spacial score (nSPS) is 17.0. The highest BCUT2D eigenvalue weighted by Gasteiger charge is 2.28. The van der Waals surface area contributed by atoms with Crippen LogP contribution in [0.5, 0.6) is 5.75 Å². The Kier molecular flexibility index (Phi) is 5.40. The van der Waals surface area contributed by atoms with Gasteiger partial charge in [0.25, 0.3) is 0 Å². The van der Waals surface area contributed by atoms with Crippen LogP contribution in [-0.4, -0.2) is 52.0 Å². The molecule has 0 aromatic carbocycles. The van der Waals surface area contributed by atoms with Crippen LogP contribution in [-0.2, 0) is 11.3 Å². The van der Waals surface area contributed by atoms with E-state index >= 15 is 0 Å². The molecule has 0 atom stereocenters. The molecule has 2 heterocycles. The van der Waals surface area contributed by atoms with Crippen molar-refractivity contribution >= 4 is 5.91 Å². The first-order valence-corrected chi connectivity index (χ1v) is 8.03. The Morgan fingerprint density at radius 3 is 2.64 bits per heavy atom. The first kappa shape index (κ1) is 16.7. The van der Waals surface area contributed by atoms with Gasteiger partial charge in [-0.25, -0.2) is 0 Å². The molecule has 2 rings (SSSR count). The Labute approximate surface area is 132 Å². The molecule has 0 saturated carbocycles. The van der Waals surface area contributed by atoms with Crippen molar-refractivity contribution in [2.75, 3.05) is 20.1 Å². The molecule has 0 radical (unpaired) electrons. The Hall–Kier alpha value is -1.62. The van der Waals surface area contributed by atoms with E-state index in [0.29, 0.717) is 6.54 Å². The lowest BCUT2D eigenvalue weighted by Crippen LogP contribution is -2.43. The molecule has 0 aliphatic carbocycles. The second-order valence-electron chi connectivity index (χ2n) is 6.51. The first-order valence-electron chi connectivity index (χ1n) is 8.03. The number of aromatic nitrogens is 1. The average Bonchev–Trinajstić information content (AvgIpc) is 2.50. The molecule has 1 aliphatic heterocycles. The van der Waals surface area contributed by atoms with Crippen molar-refractivity contribution in [1.82, 2.24) is 14.8 Å². The zero-order valence-electron chi connectivity index (χ0n) is 14.0. The number of piperidine rings is 1. The molecule has 0 spiro atoms. The molecule has 1 N–H and O–H groups in total. The van der Waals surface area contributed by atoms with Gasteiger partial charge in [0.05, 0.1) is 5.69 Å². The Bertz CT molecular complexity index is 523. The number of rotatable bonds is 4. The maximum Gasteiger partial charge on any atom is 0.225 e. The zero-order valence-corrected chi connectivity index (χ0v) is 14.0. The number of hydrogen-bond acceptors (Lipinski definition) is 4. The highest BCUT2D eigenvalue weighted by Crippen LogP contribution is 2.23. The summed E-state index contributed by atoms with van der Waals surface area (Å²) < 4.78 is 0. The third kappa shape index (κ3) is 3.97. The molecule has 5 heteroatoms. The fraction of sp³-hybridized carbons (Fsp3) is 0.647. The molecule has 1 aromatic rings. The monoisotopic (exact) mass is 305 g/mol. The van der Waals surface area contributed by atoms with Gasteiger partial charge < -0.3 is 10.0 Å². The van der Waals surface area contributed by atoms with E-state index in [1.54, 1.807) is 6.07 Å². The van der Waals surface area contributed by atoms with Gasteiger partial charge in [-0.15, -0.1) is 0 Å². The molecule has 122 valence electrons. The molecule has 22 heavy (non-hydrogen) atoms. The summed E-state index contributed by atoms with van der Waals surface area (Å²) in [5.41, 5.74) is 1.64. The lowest BCUT2D eigenvalue weighted by atomic mass is 9.95. The van der Waals surface area contributed by atoms with E-state index in [0.717, 1.165) is 37.3 Å². The van der Waals surface area contributed by atoms with Gasteiger partial charge in [0.1, 0.15) is 5.75 Å². The van der Waals surface area contributed by atoms with E-state index in [2.05, 4.69) is 9.88 Å². The van der Waals surface area contributed by atoms with Crippen molar-refractivity contribution in [3.05, 3.63) is 23.5 Å². The summed E-state index contributed by atoms with van der Waals surface area (Å²) in [4.78, 5) is 20.9. The molecule has 1 amide bonds. The lowest BCUT2D eigenvalue weighted by molar-refractivity contribution is -0.137. The van der Waals surface area contributed by atoms with Crippen LogP contribution in [0.15, 0.2) is 12.1 Å². The number of aryl methyl sites for hydroxylation is 1. The SMILES string of the molecule is Cc1ccc(O)c(CN2CCC(C(=O)N(C)C(C)C)CC2)n1. The second kappa shape index (κ2) is 7.09. The summed E-state index contributed by atoms with van der Waals surface area (Å²) in [7, 11) is 1.88. The van der Waals surface area contributed by atoms with Crippen molar-refractivity contribution in [1.29, 1.82) is 0 Å². The number of amides is 1. The molecule has 1 saturated heterocycles. The largest absolute Gasteiger partial charge is 0.506 e. The van der Waals surface area contributed by atoms with Gasteiger partial charge in [0.15, 0.2) is 0 Å². The summed E-state index contributed by atoms with van der Waals surface area (Å²) in [5.74, 6) is 0.636. The molecular formula is C17H27N3O2. The molecule has 0 bridgehead atoms. The highest BCUT2D eigenvalue weighted by atomic mass is 16.3. The standard InChI is InChI=1S/C17H27N3O2/c1-12(2)19(4)17(22)14-7-9-20(10-8-14)11-15-16(21)6-5-13(3)18-15/h5-6,12,14,21H,7-11H2,1-4H3. The summed E-state index contributed by atoms with van der Waals surface area (Å²) in [6.45, 7) is 8.40. The van der Waals surface area contributed by atoms with Crippen LogP contribution in [0.1, 0.15) is 38.1 Å². The third-order valence-corrected chi connectivity index (χ3v) is 4.52. The predicted molar refractivity (Wildman–Crippen MR) is 86.5 cm³/mol. The lowest BCUT2D eigenvalue weighted by Gasteiger charge is -2.34. The topological polar surface area (TPSA) is 56.7 Å². The number of carbonyl (C=O) groups is 1. The number of pyridine rings is 1. The van der Waals surface area contributed by atoms with Crippen LogP contribution in [0, 0.1) is 12.8 Å². The Morgan fingerprint density at radius 2 is 2.05 bits per heavy atom. The molecule has 5 nitrogen and oxygen atoms in total. The molecule has 1 aromatic heterocycles. The van der Waals surface area contributed by atoms with Gasteiger partial charge in [0.2, 0.25) is 5.91 Å². The van der Waals surface area contributed by atoms with E-state index in [4.69, 9.17) is 0 Å². The van der Waals surface area contributed by atoms with Crippen molar-refractivity contribution < 1.29 is 9.90 Å². The van der Waals surface area contributed by atoms with E-state index in [1.165, 1.54) is 0 Å². The van der Waals surface area contributed by atoms with Crippen LogP contribution in [0.25, 0.3) is 0 Å². The minimum absolute atomic E-state index is 0.128. The number of nitrogens with zero attached hydrogens (tertiary/aromatic N) is 3. The van der Waals surface area contributed by atoms with Crippen molar-refractivity contribution in [2.45, 2.75) is 46.2 Å². The maximum absolute atomic E-state index is 12.4. The minimum Gasteiger partial charge on any atom is -0.506 e. The first-order chi connectivity index (χ1) is 10.4. The Balaban J connectivity index is 1.90. The Morgan fingerprint density at radius 1 is 1.41 bits per heavy atom. The fourth-order valence-corrected chi connectivity index (χ4v) is 2.81. The van der Waals surface area contributed by atoms with E-state index in [9.17, 15) is 9.90 Å². The zero-order chi connectivity index (χ0) is 16.3. The number of carbonyl (C=O) groups excluding carboxylic acids is 1. The maximum atomic E-state index is 12.4. The summed E-state index contributed by atoms with van der Waals surface area (Å²) >= 11 is 0. The molecule has 1 fully saturated rings. The second-order valence-corrected chi connectivity index (χ2v) is 6.51. The smallest absolute Gasteiger partial charge is 0.225 e. The van der Waals surface area contributed by atoms with E-state index in [1.807, 2.05) is 38.8 Å². The van der Waals surface area contributed by atoms with Gasteiger partial charge in [0, 0.05) is 31.2 Å². The number of likely N-dealkylation sites (tertiary alicyclic amines) is 1. The number of aromatic hydroxyl groups is 1. The van der Waals surface area contributed by atoms with Gasteiger partial charge in [-0.3, -0.25) is 14.7 Å². The van der Waals surface area contributed by atoms with Crippen LogP contribution in [0.2, 0.25) is 0 Å². The van der Waals surface area contributed by atoms with Gasteiger partial charge in [-0.1, -0.05) is 0 Å². The molecular weight excluding hydrogens is 278 g/mol. The average molecular weight is 305 g/mol. The summed E-state index contributed by atoms with van der Waals surface area (Å²) in [6, 6.07) is 3.76. The van der Waals surface area contributed by atoms with Gasteiger partial charge in [-0.2, -0.15) is 0 Å². The van der Waals surface area contributed by atoms with Crippen molar-refractivity contribution in [3.8, 4) is 5.75 Å². The third-order valence-electron chi connectivity index (χ3n) is 4.52. The summed E-state index contributed by atoms with van der Waals surface area (Å²) in [6.07, 6.45) is 1.75. The number of hydrogen-bond donors (Lipinski definition) is 1. The van der Waals surface area contributed by atoms with Gasteiger partial charge in [-0.05, 0) is 58.8 Å². The predicted octanol–water partition coefficient (Wildman–Crippen LogP) is 2.17. The molecule has 0 unspecified atom stereocenters. The van der Waals surface area contributed by atoms with Crippen molar-refractivity contribution in [2.24, 2.45) is 5.92 Å². The van der Waals surface area contributed by atoms with E-state index < -0.39 is 0 Å². The van der Waals surface area contributed by atoms with E-state index in [-0.39, 0.29) is 23.6 Å². The summed E-state index contributed by atoms with van der Waals surface area (Å²) in [5, 5.41) is 9.89. The van der Waals surface area contributed by atoms with Crippen LogP contribution >= 0.6 is 0 Å². The van der Waals surface area contributed by atoms with Gasteiger partial charge >= 0.3 is 0 Å². The van der Waals surface area contributed by atoms with Crippen LogP contribution < -0.4 is 0 Å². The molecule has 1 aliphatic rings. The quantitative estimate of drug-likeness (QED) is 0.926. The van der Waals surface area contributed by atoms with Crippen LogP contribution in [0.3, 0.4) is 0 Å². The highest BCUT2D eigenvalue weighted by molar-refractivity contribution is 5.78. The van der Waals surface area contributed by atoms with Crippen molar-refractivity contribution in [3.63, 3.8) is 0 Å².